The van der Waals surface area contributed by atoms with Crippen molar-refractivity contribution in [3.05, 3.63) is 70.2 Å². The van der Waals surface area contributed by atoms with Crippen LogP contribution in [-0.4, -0.2) is 54.5 Å². The van der Waals surface area contributed by atoms with Gasteiger partial charge in [0.05, 0.1) is 26.4 Å². The number of rotatable bonds is 15. The van der Waals surface area contributed by atoms with Gasteiger partial charge < -0.3 is 31.2 Å². The van der Waals surface area contributed by atoms with Crippen LogP contribution in [0.1, 0.15) is 11.1 Å². The molecule has 0 radical (unpaired) electrons. The molecule has 10 heteroatoms. The van der Waals surface area contributed by atoms with E-state index in [1.807, 2.05) is 42.5 Å². The molecule has 3 aromatic rings. The third-order valence-corrected chi connectivity index (χ3v) is 4.99. The predicted octanol–water partition coefficient (Wildman–Crippen LogP) is 3.26. The van der Waals surface area contributed by atoms with Crippen molar-refractivity contribution in [3.63, 3.8) is 0 Å². The van der Waals surface area contributed by atoms with E-state index in [4.69, 9.17) is 15.2 Å². The summed E-state index contributed by atoms with van der Waals surface area (Å²) in [6, 6.07) is 18.2. The number of ether oxygens (including phenoxy) is 2. The lowest BCUT2D eigenvalue weighted by Crippen LogP contribution is -2.17. The number of benzene rings is 2. The Labute approximate surface area is 202 Å². The summed E-state index contributed by atoms with van der Waals surface area (Å²) in [5, 5.41) is 9.74. The van der Waals surface area contributed by atoms with Gasteiger partial charge in [0.25, 0.3) is 0 Å². The Balaban J connectivity index is 1.56. The lowest BCUT2D eigenvalue weighted by molar-refractivity contribution is 0.0547. The van der Waals surface area contributed by atoms with E-state index in [0.717, 1.165) is 15.6 Å². The second kappa shape index (κ2) is 14.4. The summed E-state index contributed by atoms with van der Waals surface area (Å²) in [7, 11) is 0. The summed E-state index contributed by atoms with van der Waals surface area (Å²) < 4.78 is 11.9. The monoisotopic (exact) mass is 515 g/mol. The first kappa shape index (κ1) is 24.8. The maximum Gasteiger partial charge on any atom is 0.229 e. The molecule has 1 heterocycles. The van der Waals surface area contributed by atoms with Gasteiger partial charge in [-0.05, 0) is 23.3 Å². The summed E-state index contributed by atoms with van der Waals surface area (Å²) in [5.41, 5.74) is 7.65. The van der Waals surface area contributed by atoms with Crippen LogP contribution in [0, 0.1) is 0 Å². The first-order chi connectivity index (χ1) is 16.2. The van der Waals surface area contributed by atoms with Crippen molar-refractivity contribution in [2.75, 3.05) is 55.5 Å². The van der Waals surface area contributed by atoms with Crippen molar-refractivity contribution >= 4 is 33.8 Å². The number of nitrogens with one attached hydrogen (secondary N) is 3. The molecule has 1 aromatic heterocycles. The molecule has 9 nitrogen and oxygen atoms in total. The Hall–Kier alpha value is -2.79. The van der Waals surface area contributed by atoms with Gasteiger partial charge in [0.1, 0.15) is 0 Å². The standard InChI is InChI=1S/C23H30BrN7O2/c24-20-8-6-19(7-9-20)17-28-23-30-21(26-11-13-33-15-14-32-12-10-25)29-22(31-23)27-16-18-4-2-1-3-5-18/h1-9H,10-17,25H2,(H3,26,27,28,29,30,31). The summed E-state index contributed by atoms with van der Waals surface area (Å²) in [4.78, 5) is 13.5. The molecule has 0 unspecified atom stereocenters. The van der Waals surface area contributed by atoms with E-state index < -0.39 is 0 Å². The van der Waals surface area contributed by atoms with Gasteiger partial charge in [0.15, 0.2) is 0 Å². The molecule has 0 bridgehead atoms. The van der Waals surface area contributed by atoms with Crippen molar-refractivity contribution in [1.82, 2.24) is 15.0 Å². The van der Waals surface area contributed by atoms with Crippen LogP contribution in [0.2, 0.25) is 0 Å². The lowest BCUT2D eigenvalue weighted by Gasteiger charge is -2.12. The van der Waals surface area contributed by atoms with E-state index in [0.29, 0.717) is 70.5 Å². The minimum atomic E-state index is 0.474. The quantitative estimate of drug-likeness (QED) is 0.226. The summed E-state index contributed by atoms with van der Waals surface area (Å²) >= 11 is 3.46. The lowest BCUT2D eigenvalue weighted by atomic mass is 10.2. The van der Waals surface area contributed by atoms with Crippen LogP contribution in [0.3, 0.4) is 0 Å². The largest absolute Gasteiger partial charge is 0.378 e. The van der Waals surface area contributed by atoms with Crippen LogP contribution in [0.4, 0.5) is 17.8 Å². The highest BCUT2D eigenvalue weighted by Crippen LogP contribution is 2.14. The van der Waals surface area contributed by atoms with E-state index in [-0.39, 0.29) is 0 Å². The Morgan fingerprint density at radius 1 is 0.667 bits per heavy atom. The number of halogens is 1. The number of nitrogens with zero attached hydrogens (tertiary/aromatic N) is 3. The fraction of sp³-hybridized carbons (Fsp3) is 0.348. The average Bonchev–Trinajstić information content (AvgIpc) is 2.85. The second-order valence-corrected chi connectivity index (χ2v) is 7.98. The Morgan fingerprint density at radius 2 is 1.21 bits per heavy atom. The van der Waals surface area contributed by atoms with Crippen LogP contribution < -0.4 is 21.7 Å². The van der Waals surface area contributed by atoms with Crippen molar-refractivity contribution < 1.29 is 9.47 Å². The van der Waals surface area contributed by atoms with E-state index in [2.05, 4.69) is 59.0 Å². The van der Waals surface area contributed by atoms with Gasteiger partial charge in [-0.15, -0.1) is 0 Å². The molecule has 0 saturated carbocycles. The molecule has 0 aliphatic heterocycles. The summed E-state index contributed by atoms with van der Waals surface area (Å²) in [6.45, 7) is 4.38. The Bertz CT molecular complexity index is 945. The van der Waals surface area contributed by atoms with E-state index in [1.165, 1.54) is 0 Å². The van der Waals surface area contributed by atoms with Crippen molar-refractivity contribution in [2.24, 2.45) is 5.73 Å². The van der Waals surface area contributed by atoms with Gasteiger partial charge in [-0.1, -0.05) is 58.4 Å². The third-order valence-electron chi connectivity index (χ3n) is 4.46. The molecular weight excluding hydrogens is 486 g/mol. The molecule has 0 aliphatic carbocycles. The first-order valence-electron chi connectivity index (χ1n) is 10.8. The molecule has 0 spiro atoms. The van der Waals surface area contributed by atoms with Crippen LogP contribution >= 0.6 is 15.9 Å². The highest BCUT2D eigenvalue weighted by Gasteiger charge is 2.07. The second-order valence-electron chi connectivity index (χ2n) is 7.07. The third kappa shape index (κ3) is 9.70. The van der Waals surface area contributed by atoms with E-state index in [1.54, 1.807) is 0 Å². The van der Waals surface area contributed by atoms with E-state index >= 15 is 0 Å². The maximum absolute atomic E-state index is 5.55. The topological polar surface area (TPSA) is 119 Å². The fourth-order valence-corrected chi connectivity index (χ4v) is 3.08. The summed E-state index contributed by atoms with van der Waals surface area (Å²) in [6.07, 6.45) is 0. The van der Waals surface area contributed by atoms with Crippen LogP contribution in [0.15, 0.2) is 59.1 Å². The molecule has 0 saturated heterocycles. The number of anilines is 3. The van der Waals surface area contributed by atoms with Gasteiger partial charge in [-0.3, -0.25) is 0 Å². The number of nitrogens with two attached hydrogens (primary N) is 1. The maximum atomic E-state index is 5.55. The summed E-state index contributed by atoms with van der Waals surface area (Å²) in [5.74, 6) is 1.45. The highest BCUT2D eigenvalue weighted by molar-refractivity contribution is 9.10. The zero-order valence-electron chi connectivity index (χ0n) is 18.5. The fourth-order valence-electron chi connectivity index (χ4n) is 2.81. The molecule has 176 valence electrons. The SMILES string of the molecule is NCCOCCOCCNc1nc(NCc2ccccc2)nc(NCc2ccc(Br)cc2)n1. The molecule has 0 atom stereocenters. The number of aromatic nitrogens is 3. The average molecular weight is 516 g/mol. The van der Waals surface area contributed by atoms with Gasteiger partial charge in [-0.25, -0.2) is 0 Å². The minimum absolute atomic E-state index is 0.474. The Morgan fingerprint density at radius 3 is 1.82 bits per heavy atom. The van der Waals surface area contributed by atoms with Crippen LogP contribution in [-0.2, 0) is 22.6 Å². The smallest absolute Gasteiger partial charge is 0.229 e. The highest BCUT2D eigenvalue weighted by atomic mass is 79.9. The molecule has 0 amide bonds. The normalized spacial score (nSPS) is 10.7. The predicted molar refractivity (Wildman–Crippen MR) is 134 cm³/mol. The number of hydrogen-bond donors (Lipinski definition) is 4. The van der Waals surface area contributed by atoms with Crippen molar-refractivity contribution in [1.29, 1.82) is 0 Å². The molecule has 0 aliphatic rings. The van der Waals surface area contributed by atoms with Crippen molar-refractivity contribution in [2.45, 2.75) is 13.1 Å². The van der Waals surface area contributed by atoms with Gasteiger partial charge in [0.2, 0.25) is 17.8 Å². The zero-order valence-corrected chi connectivity index (χ0v) is 20.1. The number of hydrogen-bond acceptors (Lipinski definition) is 9. The van der Waals surface area contributed by atoms with Gasteiger partial charge in [0, 0.05) is 30.7 Å². The van der Waals surface area contributed by atoms with Crippen molar-refractivity contribution in [3.8, 4) is 0 Å². The van der Waals surface area contributed by atoms with Gasteiger partial charge >= 0.3 is 0 Å². The molecular formula is C23H30BrN7O2. The molecule has 0 fully saturated rings. The molecule has 5 N–H and O–H groups in total. The zero-order chi connectivity index (χ0) is 23.1. The van der Waals surface area contributed by atoms with Crippen LogP contribution in [0.25, 0.3) is 0 Å². The van der Waals surface area contributed by atoms with Crippen LogP contribution in [0.5, 0.6) is 0 Å². The Kier molecular flexibility index (Phi) is 10.8. The first-order valence-corrected chi connectivity index (χ1v) is 11.6. The molecule has 3 rings (SSSR count). The molecule has 33 heavy (non-hydrogen) atoms. The minimum Gasteiger partial charge on any atom is -0.378 e. The van der Waals surface area contributed by atoms with Gasteiger partial charge in [-0.2, -0.15) is 15.0 Å². The van der Waals surface area contributed by atoms with E-state index in [9.17, 15) is 0 Å². The molecule has 2 aromatic carbocycles.